The van der Waals surface area contributed by atoms with Crippen LogP contribution in [0.5, 0.6) is 5.75 Å². The van der Waals surface area contributed by atoms with E-state index < -0.39 is 12.1 Å². The maximum absolute atomic E-state index is 10.5. The van der Waals surface area contributed by atoms with Crippen LogP contribution in [0.4, 0.5) is 0 Å². The van der Waals surface area contributed by atoms with Crippen LogP contribution >= 0.6 is 11.6 Å². The van der Waals surface area contributed by atoms with E-state index in [2.05, 4.69) is 0 Å². The molecule has 0 bridgehead atoms. The molecule has 1 atom stereocenters. The maximum Gasteiger partial charge on any atom is 0.138 e. The molecule has 0 unspecified atom stereocenters. The molecule has 0 N–H and O–H groups in total. The fraction of sp³-hybridized carbons (Fsp3) is 0.300. The molecule has 0 heterocycles. The molecule has 0 spiro atoms. The summed E-state index contributed by atoms with van der Waals surface area (Å²) in [5.74, 6) is -0.729. The molecule has 0 amide bonds. The van der Waals surface area contributed by atoms with Crippen molar-refractivity contribution >= 4 is 17.6 Å². The van der Waals surface area contributed by atoms with Gasteiger partial charge in [-0.1, -0.05) is 18.5 Å². The Kier molecular flexibility index (Phi) is 3.77. The summed E-state index contributed by atoms with van der Waals surface area (Å²) < 4.78 is 5.16. The van der Waals surface area contributed by atoms with Crippen LogP contribution in [0.2, 0.25) is 5.02 Å². The summed E-state index contributed by atoms with van der Waals surface area (Å²) in [6, 6.07) is 6.51. The molecule has 1 aromatic carbocycles. The van der Waals surface area contributed by atoms with Crippen molar-refractivity contribution in [3.8, 4) is 5.75 Å². The Morgan fingerprint density at radius 1 is 1.50 bits per heavy atom. The number of aliphatic carboxylic acids is 1. The number of ether oxygens (including phenoxy) is 1. The van der Waals surface area contributed by atoms with Gasteiger partial charge >= 0.3 is 0 Å². The van der Waals surface area contributed by atoms with Gasteiger partial charge in [0.2, 0.25) is 0 Å². The fourth-order valence-corrected chi connectivity index (χ4v) is 1.10. The highest BCUT2D eigenvalue weighted by Gasteiger charge is 2.08. The van der Waals surface area contributed by atoms with Crippen LogP contribution in [0.25, 0.3) is 0 Å². The quantitative estimate of drug-likeness (QED) is 0.756. The number of hydrogen-bond donors (Lipinski definition) is 0. The first-order chi connectivity index (χ1) is 6.63. The van der Waals surface area contributed by atoms with Gasteiger partial charge in [-0.3, -0.25) is 0 Å². The zero-order valence-electron chi connectivity index (χ0n) is 7.70. The Hall–Kier alpha value is -1.22. The first kappa shape index (κ1) is 10.9. The van der Waals surface area contributed by atoms with E-state index in [1.54, 1.807) is 31.2 Å². The van der Waals surface area contributed by atoms with E-state index >= 15 is 0 Å². The normalized spacial score (nSPS) is 12.1. The number of carbonyl (C=O) groups is 1. The molecule has 0 aliphatic carbocycles. The van der Waals surface area contributed by atoms with Crippen molar-refractivity contribution in [2.75, 3.05) is 0 Å². The number of hydrogen-bond acceptors (Lipinski definition) is 3. The second-order valence-corrected chi connectivity index (χ2v) is 3.22. The highest BCUT2D eigenvalue weighted by Crippen LogP contribution is 2.17. The van der Waals surface area contributed by atoms with E-state index in [1.807, 2.05) is 0 Å². The molecule has 3 nitrogen and oxygen atoms in total. The zero-order valence-corrected chi connectivity index (χ0v) is 8.45. The molecule has 4 heteroatoms. The van der Waals surface area contributed by atoms with Gasteiger partial charge in [0.1, 0.15) is 11.9 Å². The van der Waals surface area contributed by atoms with Crippen molar-refractivity contribution < 1.29 is 14.6 Å². The first-order valence-electron chi connectivity index (χ1n) is 4.26. The second kappa shape index (κ2) is 4.86. The van der Waals surface area contributed by atoms with Crippen LogP contribution in [0, 0.1) is 0 Å². The summed E-state index contributed by atoms with van der Waals surface area (Å²) in [6.07, 6.45) is -0.540. The summed E-state index contributed by atoms with van der Waals surface area (Å²) in [4.78, 5) is 10.5. The smallest absolute Gasteiger partial charge is 0.138 e. The molecule has 0 aliphatic heterocycles. The lowest BCUT2D eigenvalue weighted by Crippen LogP contribution is -2.39. The number of rotatable bonds is 4. The van der Waals surface area contributed by atoms with Crippen LogP contribution < -0.4 is 9.84 Å². The molecule has 0 saturated carbocycles. The second-order valence-electron chi connectivity index (χ2n) is 2.79. The van der Waals surface area contributed by atoms with Crippen molar-refractivity contribution in [1.29, 1.82) is 0 Å². The monoisotopic (exact) mass is 213 g/mol. The Bertz CT molecular complexity index is 308. The third kappa shape index (κ3) is 2.92. The number of carboxylic acids is 1. The number of halogens is 1. The third-order valence-corrected chi connectivity index (χ3v) is 1.98. The van der Waals surface area contributed by atoms with E-state index in [4.69, 9.17) is 16.3 Å². The van der Waals surface area contributed by atoms with Gasteiger partial charge in [0.05, 0.1) is 5.97 Å². The van der Waals surface area contributed by atoms with Gasteiger partial charge in [-0.15, -0.1) is 0 Å². The lowest BCUT2D eigenvalue weighted by atomic mass is 10.3. The average Bonchev–Trinajstić information content (AvgIpc) is 2.16. The molecular formula is C10H10ClO3-. The standard InChI is InChI=1S/C10H11ClO3/c1-2-9(10(12)13)14-8-5-3-7(11)4-6-8/h3-6,9H,2H2,1H3,(H,12,13)/p-1/t9-/m0/s1. The Labute approximate surface area is 87.3 Å². The van der Waals surface area contributed by atoms with E-state index in [1.165, 1.54) is 0 Å². The fourth-order valence-electron chi connectivity index (χ4n) is 0.976. The largest absolute Gasteiger partial charge is 0.546 e. The van der Waals surface area contributed by atoms with Gasteiger partial charge < -0.3 is 14.6 Å². The van der Waals surface area contributed by atoms with Crippen molar-refractivity contribution in [1.82, 2.24) is 0 Å². The lowest BCUT2D eigenvalue weighted by molar-refractivity contribution is -0.313. The van der Waals surface area contributed by atoms with E-state index in [0.29, 0.717) is 17.2 Å². The molecule has 0 fully saturated rings. The van der Waals surface area contributed by atoms with Crippen molar-refractivity contribution in [2.45, 2.75) is 19.4 Å². The Morgan fingerprint density at radius 2 is 2.07 bits per heavy atom. The summed E-state index contributed by atoms with van der Waals surface area (Å²) in [6.45, 7) is 1.72. The SMILES string of the molecule is CC[C@H](Oc1ccc(Cl)cc1)C(=O)[O-]. The van der Waals surface area contributed by atoms with Gasteiger partial charge in [0.25, 0.3) is 0 Å². The van der Waals surface area contributed by atoms with Crippen molar-refractivity contribution in [3.63, 3.8) is 0 Å². The minimum Gasteiger partial charge on any atom is -0.546 e. The summed E-state index contributed by atoms with van der Waals surface area (Å²) in [5.41, 5.74) is 0. The number of carboxylic acid groups (broad SMARTS) is 1. The highest BCUT2D eigenvalue weighted by molar-refractivity contribution is 6.30. The third-order valence-electron chi connectivity index (χ3n) is 1.73. The minimum atomic E-state index is -1.21. The summed E-state index contributed by atoms with van der Waals surface area (Å²) >= 11 is 5.66. The number of carbonyl (C=O) groups excluding carboxylic acids is 1. The molecular weight excluding hydrogens is 204 g/mol. The van der Waals surface area contributed by atoms with E-state index in [0.717, 1.165) is 0 Å². The molecule has 76 valence electrons. The van der Waals surface area contributed by atoms with Gasteiger partial charge in [0.15, 0.2) is 0 Å². The van der Waals surface area contributed by atoms with Gasteiger partial charge in [-0.25, -0.2) is 0 Å². The van der Waals surface area contributed by atoms with Crippen LogP contribution in [0.3, 0.4) is 0 Å². The van der Waals surface area contributed by atoms with Crippen molar-refractivity contribution in [3.05, 3.63) is 29.3 Å². The van der Waals surface area contributed by atoms with Crippen LogP contribution in [0.15, 0.2) is 24.3 Å². The van der Waals surface area contributed by atoms with Crippen molar-refractivity contribution in [2.24, 2.45) is 0 Å². The van der Waals surface area contributed by atoms with Gasteiger partial charge in [0, 0.05) is 5.02 Å². The summed E-state index contributed by atoms with van der Waals surface area (Å²) in [5, 5.41) is 11.1. The predicted molar refractivity (Wildman–Crippen MR) is 51.2 cm³/mol. The molecule has 1 aromatic rings. The zero-order chi connectivity index (χ0) is 10.6. The molecule has 1 rings (SSSR count). The predicted octanol–water partition coefficient (Wildman–Crippen LogP) is 1.25. The molecule has 14 heavy (non-hydrogen) atoms. The van der Waals surface area contributed by atoms with E-state index in [9.17, 15) is 9.90 Å². The molecule has 0 aliphatic rings. The Balaban J connectivity index is 2.67. The van der Waals surface area contributed by atoms with Gasteiger partial charge in [-0.05, 0) is 30.7 Å². The van der Waals surface area contributed by atoms with Gasteiger partial charge in [-0.2, -0.15) is 0 Å². The Morgan fingerprint density at radius 3 is 2.50 bits per heavy atom. The molecule has 0 radical (unpaired) electrons. The average molecular weight is 214 g/mol. The van der Waals surface area contributed by atoms with Crippen LogP contribution in [-0.2, 0) is 4.79 Å². The molecule has 0 aromatic heterocycles. The number of benzene rings is 1. The maximum atomic E-state index is 10.5. The summed E-state index contributed by atoms with van der Waals surface area (Å²) in [7, 11) is 0. The molecule has 0 saturated heterocycles. The van der Waals surface area contributed by atoms with Crippen LogP contribution in [0.1, 0.15) is 13.3 Å². The first-order valence-corrected chi connectivity index (χ1v) is 4.64. The minimum absolute atomic E-state index is 0.366. The lowest BCUT2D eigenvalue weighted by Gasteiger charge is -2.18. The van der Waals surface area contributed by atoms with Crippen LogP contribution in [-0.4, -0.2) is 12.1 Å². The topological polar surface area (TPSA) is 49.4 Å². The van der Waals surface area contributed by atoms with E-state index in [-0.39, 0.29) is 0 Å². The highest BCUT2D eigenvalue weighted by atomic mass is 35.5.